The van der Waals surface area contributed by atoms with Crippen molar-refractivity contribution in [3.63, 3.8) is 0 Å². The van der Waals surface area contributed by atoms with Gasteiger partial charge in [0.25, 0.3) is 0 Å². The largest absolute Gasteiger partial charge is 0.451 e. The molecule has 0 spiro atoms. The summed E-state index contributed by atoms with van der Waals surface area (Å²) in [5.74, 6) is -1.41. The second-order valence-electron chi connectivity index (χ2n) is 8.44. The molecule has 1 N–H and O–H groups in total. The number of ether oxygens (including phenoxy) is 1. The minimum absolute atomic E-state index is 0.165. The predicted molar refractivity (Wildman–Crippen MR) is 137 cm³/mol. The zero-order chi connectivity index (χ0) is 25.1. The van der Waals surface area contributed by atoms with Crippen LogP contribution in [-0.2, 0) is 25.5 Å². The first-order chi connectivity index (χ1) is 17.6. The number of fused-ring (bicyclic) bond motifs is 1. The van der Waals surface area contributed by atoms with Crippen LogP contribution in [0, 0.1) is 0 Å². The van der Waals surface area contributed by atoms with Gasteiger partial charge in [-0.05, 0) is 28.0 Å². The van der Waals surface area contributed by atoms with E-state index in [-0.39, 0.29) is 17.9 Å². The van der Waals surface area contributed by atoms with Gasteiger partial charge in [-0.1, -0.05) is 66.7 Å². The second kappa shape index (κ2) is 10.7. The minimum Gasteiger partial charge on any atom is -0.451 e. The molecule has 36 heavy (non-hydrogen) atoms. The Balaban J connectivity index is 1.35. The van der Waals surface area contributed by atoms with Crippen LogP contribution in [0.5, 0.6) is 0 Å². The number of esters is 1. The molecular weight excluding hydrogens is 499 g/mol. The summed E-state index contributed by atoms with van der Waals surface area (Å²) in [7, 11) is 0. The van der Waals surface area contributed by atoms with E-state index < -0.39 is 42.1 Å². The van der Waals surface area contributed by atoms with E-state index in [9.17, 15) is 18.8 Å². The van der Waals surface area contributed by atoms with E-state index in [1.54, 1.807) is 5.41 Å². The number of benzene rings is 2. The lowest BCUT2D eigenvalue weighted by atomic mass is 9.97. The number of rotatable bonds is 8. The van der Waals surface area contributed by atoms with Gasteiger partial charge in [0, 0.05) is 10.5 Å². The number of thioether (sulfide) groups is 1. The quantitative estimate of drug-likeness (QED) is 0.354. The molecule has 1 saturated heterocycles. The molecule has 0 radical (unpaired) electrons. The zero-order valence-electron chi connectivity index (χ0n) is 19.1. The lowest BCUT2D eigenvalue weighted by Gasteiger charge is -2.51. The fourth-order valence-corrected chi connectivity index (χ4v) is 6.28. The van der Waals surface area contributed by atoms with E-state index in [2.05, 4.69) is 5.32 Å². The van der Waals surface area contributed by atoms with Crippen molar-refractivity contribution in [2.45, 2.75) is 30.0 Å². The molecule has 0 bridgehead atoms. The Morgan fingerprint density at radius 3 is 2.25 bits per heavy atom. The van der Waals surface area contributed by atoms with Crippen LogP contribution in [0.15, 0.2) is 89.2 Å². The fraction of sp³-hybridized carbons (Fsp3) is 0.222. The van der Waals surface area contributed by atoms with Crippen LogP contribution in [0.1, 0.15) is 22.1 Å². The van der Waals surface area contributed by atoms with Gasteiger partial charge in [0.2, 0.25) is 11.8 Å². The van der Waals surface area contributed by atoms with E-state index in [1.807, 2.05) is 78.2 Å². The number of hydrogen-bond donors (Lipinski definition) is 1. The lowest BCUT2D eigenvalue weighted by Crippen LogP contribution is -2.74. The molecule has 2 aromatic carbocycles. The third-order valence-electron chi connectivity index (χ3n) is 6.12. The molecule has 0 aliphatic carbocycles. The van der Waals surface area contributed by atoms with Crippen molar-refractivity contribution in [2.75, 3.05) is 6.67 Å². The summed E-state index contributed by atoms with van der Waals surface area (Å²) in [4.78, 5) is 41.3. The van der Waals surface area contributed by atoms with Gasteiger partial charge in [0.1, 0.15) is 18.1 Å². The van der Waals surface area contributed by atoms with Crippen LogP contribution in [0.2, 0.25) is 0 Å². The zero-order valence-corrected chi connectivity index (χ0v) is 20.7. The SMILES string of the molecule is O=C(Cc1cccs1)NC1C(=O)N2C(C(=O)OC(c3ccccc3)c3ccccc3)C(CF)=CS[C@H]12. The number of nitrogens with zero attached hydrogens (tertiary/aromatic N) is 1. The summed E-state index contributed by atoms with van der Waals surface area (Å²) in [5.41, 5.74) is 1.69. The predicted octanol–water partition coefficient (Wildman–Crippen LogP) is 4.25. The first-order valence-corrected chi connectivity index (χ1v) is 13.2. The monoisotopic (exact) mass is 522 g/mol. The Labute approximate surface area is 216 Å². The number of amides is 2. The van der Waals surface area contributed by atoms with Crippen molar-refractivity contribution in [1.29, 1.82) is 0 Å². The Hall–Kier alpha value is -3.43. The number of β-lactam (4-membered cyclic amide) rings is 1. The molecule has 3 atom stereocenters. The van der Waals surface area contributed by atoms with Crippen LogP contribution < -0.4 is 5.32 Å². The molecule has 5 rings (SSSR count). The van der Waals surface area contributed by atoms with Gasteiger partial charge in [0.05, 0.1) is 6.42 Å². The van der Waals surface area contributed by atoms with Crippen molar-refractivity contribution in [1.82, 2.24) is 10.2 Å². The molecule has 0 saturated carbocycles. The van der Waals surface area contributed by atoms with Gasteiger partial charge in [-0.15, -0.1) is 23.1 Å². The van der Waals surface area contributed by atoms with Crippen molar-refractivity contribution in [2.24, 2.45) is 0 Å². The topological polar surface area (TPSA) is 75.7 Å². The van der Waals surface area contributed by atoms with Gasteiger partial charge < -0.3 is 15.0 Å². The molecule has 1 aromatic heterocycles. The first-order valence-electron chi connectivity index (χ1n) is 11.4. The Morgan fingerprint density at radius 1 is 1.00 bits per heavy atom. The Morgan fingerprint density at radius 2 is 1.67 bits per heavy atom. The van der Waals surface area contributed by atoms with Crippen LogP contribution in [0.25, 0.3) is 0 Å². The normalized spacial score (nSPS) is 20.8. The highest BCUT2D eigenvalue weighted by Crippen LogP contribution is 2.41. The molecule has 6 nitrogen and oxygen atoms in total. The number of hydrogen-bond acceptors (Lipinski definition) is 6. The number of thiophene rings is 1. The molecule has 9 heteroatoms. The number of nitrogens with one attached hydrogen (secondary N) is 1. The maximum Gasteiger partial charge on any atom is 0.334 e. The second-order valence-corrected chi connectivity index (χ2v) is 10.5. The molecule has 3 aromatic rings. The van der Waals surface area contributed by atoms with Crippen molar-refractivity contribution in [3.05, 3.63) is 105 Å². The van der Waals surface area contributed by atoms with Gasteiger partial charge >= 0.3 is 5.97 Å². The maximum absolute atomic E-state index is 13.9. The number of carbonyl (C=O) groups excluding carboxylic acids is 3. The van der Waals surface area contributed by atoms with E-state index in [4.69, 9.17) is 4.74 Å². The van der Waals surface area contributed by atoms with Gasteiger partial charge in [0.15, 0.2) is 12.1 Å². The summed E-state index contributed by atoms with van der Waals surface area (Å²) in [6.07, 6.45) is -0.544. The molecule has 2 aliphatic heterocycles. The van der Waals surface area contributed by atoms with Gasteiger partial charge in [-0.2, -0.15) is 0 Å². The first kappa shape index (κ1) is 24.3. The van der Waals surface area contributed by atoms with Crippen LogP contribution in [-0.4, -0.2) is 46.8 Å². The number of carbonyl (C=O) groups is 3. The van der Waals surface area contributed by atoms with Crippen molar-refractivity contribution >= 4 is 40.9 Å². The molecule has 1 fully saturated rings. The summed E-state index contributed by atoms with van der Waals surface area (Å²) in [6.45, 7) is -0.889. The maximum atomic E-state index is 13.9. The molecule has 3 heterocycles. The number of alkyl halides is 1. The van der Waals surface area contributed by atoms with E-state index in [0.29, 0.717) is 0 Å². The molecule has 2 amide bonds. The average Bonchev–Trinajstić information content (AvgIpc) is 3.43. The third-order valence-corrected chi connectivity index (χ3v) is 8.21. The summed E-state index contributed by atoms with van der Waals surface area (Å²) >= 11 is 2.69. The summed E-state index contributed by atoms with van der Waals surface area (Å²) in [5, 5.41) is 5.71. The minimum atomic E-state index is -1.19. The Kier molecular flexibility index (Phi) is 7.20. The highest BCUT2D eigenvalue weighted by Gasteiger charge is 2.56. The highest BCUT2D eigenvalue weighted by molar-refractivity contribution is 8.02. The van der Waals surface area contributed by atoms with Crippen LogP contribution >= 0.6 is 23.1 Å². The highest BCUT2D eigenvalue weighted by atomic mass is 32.2. The van der Waals surface area contributed by atoms with Crippen molar-refractivity contribution in [3.8, 4) is 0 Å². The summed E-state index contributed by atoms with van der Waals surface area (Å²) in [6, 6.07) is 20.3. The third kappa shape index (κ3) is 4.81. The average molecular weight is 523 g/mol. The Bertz CT molecular complexity index is 1230. The molecule has 2 unspecified atom stereocenters. The standard InChI is InChI=1S/C27H23FN2O4S2/c28-15-19-16-36-26-22(29-21(31)14-20-12-7-13-35-20)25(32)30(26)23(19)27(33)34-24(17-8-3-1-4-9-17)18-10-5-2-6-11-18/h1-13,16,22-24,26H,14-15H2,(H,29,31)/t22?,23?,26-/m1/s1. The van der Waals surface area contributed by atoms with Gasteiger partial charge in [-0.3, -0.25) is 9.59 Å². The number of halogens is 1. The van der Waals surface area contributed by atoms with E-state index in [0.717, 1.165) is 16.0 Å². The molecule has 184 valence electrons. The van der Waals surface area contributed by atoms with E-state index in [1.165, 1.54) is 28.0 Å². The van der Waals surface area contributed by atoms with E-state index >= 15 is 0 Å². The van der Waals surface area contributed by atoms with Crippen LogP contribution in [0.4, 0.5) is 4.39 Å². The van der Waals surface area contributed by atoms with Gasteiger partial charge in [-0.25, -0.2) is 9.18 Å². The molecule has 2 aliphatic rings. The fourth-order valence-electron chi connectivity index (χ4n) is 4.37. The van der Waals surface area contributed by atoms with Crippen LogP contribution in [0.3, 0.4) is 0 Å². The van der Waals surface area contributed by atoms with Crippen molar-refractivity contribution < 1.29 is 23.5 Å². The smallest absolute Gasteiger partial charge is 0.334 e. The molecular formula is C27H23FN2O4S2. The summed E-state index contributed by atoms with van der Waals surface area (Å²) < 4.78 is 19.9. The lowest BCUT2D eigenvalue weighted by molar-refractivity contribution is -0.165.